The Hall–Kier alpha value is -2.53. The van der Waals surface area contributed by atoms with E-state index in [0.29, 0.717) is 0 Å². The summed E-state index contributed by atoms with van der Waals surface area (Å²) < 4.78 is 0. The van der Waals surface area contributed by atoms with Crippen molar-refractivity contribution >= 4 is 11.2 Å². The minimum atomic E-state index is 0.815. The number of fused-ring (bicyclic) bond motifs is 1. The average molecular weight is 347 g/mol. The Morgan fingerprint density at radius 2 is 1.85 bits per heavy atom. The minimum Gasteiger partial charge on any atom is -0.341 e. The molecule has 4 heterocycles. The molecule has 5 heteroatoms. The van der Waals surface area contributed by atoms with Gasteiger partial charge in [0.25, 0.3) is 0 Å². The second-order valence-corrected chi connectivity index (χ2v) is 7.29. The molecule has 0 unspecified atom stereocenters. The van der Waals surface area contributed by atoms with Crippen LogP contribution in [0.2, 0.25) is 0 Å². The average Bonchev–Trinajstić information content (AvgIpc) is 2.93. The largest absolute Gasteiger partial charge is 0.341 e. The molecule has 0 spiro atoms. The molecule has 1 aliphatic rings. The van der Waals surface area contributed by atoms with E-state index >= 15 is 0 Å². The fraction of sp³-hybridized carbons (Fsp3) is 0.381. The van der Waals surface area contributed by atoms with Crippen LogP contribution in [0.4, 0.5) is 0 Å². The topological polar surface area (TPSA) is 57.7 Å². The van der Waals surface area contributed by atoms with E-state index in [-0.39, 0.29) is 0 Å². The molecule has 0 saturated carbocycles. The summed E-state index contributed by atoms with van der Waals surface area (Å²) in [6.07, 6.45) is 4.50. The summed E-state index contributed by atoms with van der Waals surface area (Å²) in [4.78, 5) is 19.3. The lowest BCUT2D eigenvalue weighted by Gasteiger charge is -2.27. The number of aromatic amines is 1. The summed E-state index contributed by atoms with van der Waals surface area (Å²) >= 11 is 0. The van der Waals surface area contributed by atoms with Crippen molar-refractivity contribution in [2.75, 3.05) is 13.1 Å². The van der Waals surface area contributed by atoms with Gasteiger partial charge in [-0.15, -0.1) is 0 Å². The number of hydrogen-bond donors (Lipinski definition) is 1. The number of nitrogens with one attached hydrogen (secondary N) is 1. The smallest absolute Gasteiger partial charge is 0.177 e. The van der Waals surface area contributed by atoms with Crippen LogP contribution < -0.4 is 0 Å². The molecule has 4 rings (SSSR count). The quantitative estimate of drug-likeness (QED) is 0.732. The Balaban J connectivity index is 1.44. The fourth-order valence-corrected chi connectivity index (χ4v) is 3.80. The molecule has 0 atom stereocenters. The van der Waals surface area contributed by atoms with E-state index in [9.17, 15) is 0 Å². The summed E-state index contributed by atoms with van der Waals surface area (Å²) in [5.74, 6) is 0.913. The molecule has 0 amide bonds. The van der Waals surface area contributed by atoms with Crippen LogP contribution in [0.25, 0.3) is 11.2 Å². The first-order chi connectivity index (χ1) is 12.5. The second kappa shape index (κ2) is 7.00. The van der Waals surface area contributed by atoms with Crippen molar-refractivity contribution in [1.29, 1.82) is 0 Å². The highest BCUT2D eigenvalue weighted by Gasteiger charge is 2.15. The van der Waals surface area contributed by atoms with Gasteiger partial charge < -0.3 is 4.98 Å². The molecule has 1 aliphatic heterocycles. The second-order valence-electron chi connectivity index (χ2n) is 7.29. The molecule has 0 bridgehead atoms. The number of pyridine rings is 2. The molecule has 0 aliphatic carbocycles. The molecule has 3 aromatic heterocycles. The monoisotopic (exact) mass is 347 g/mol. The predicted molar refractivity (Wildman–Crippen MR) is 104 cm³/mol. The Kier molecular flexibility index (Phi) is 4.55. The lowest BCUT2D eigenvalue weighted by Crippen LogP contribution is -2.30. The van der Waals surface area contributed by atoms with Gasteiger partial charge in [0.2, 0.25) is 0 Å². The van der Waals surface area contributed by atoms with Crippen LogP contribution in [0, 0.1) is 20.8 Å². The maximum atomic E-state index is 4.71. The highest BCUT2D eigenvalue weighted by molar-refractivity contribution is 5.70. The zero-order valence-electron chi connectivity index (χ0n) is 15.7. The van der Waals surface area contributed by atoms with E-state index < -0.39 is 0 Å². The van der Waals surface area contributed by atoms with Gasteiger partial charge in [-0.3, -0.25) is 9.88 Å². The Bertz CT molecular complexity index is 949. The third-order valence-electron chi connectivity index (χ3n) is 4.79. The first-order valence-electron chi connectivity index (χ1n) is 9.22. The van der Waals surface area contributed by atoms with E-state index in [4.69, 9.17) is 4.98 Å². The van der Waals surface area contributed by atoms with E-state index in [1.165, 1.54) is 11.1 Å². The number of imidazole rings is 1. The molecule has 0 saturated heterocycles. The normalized spacial score (nSPS) is 15.4. The lowest BCUT2D eigenvalue weighted by atomic mass is 10.0. The summed E-state index contributed by atoms with van der Waals surface area (Å²) in [7, 11) is 0. The maximum absolute atomic E-state index is 4.71. The third kappa shape index (κ3) is 3.83. The number of hydrogen-bond acceptors (Lipinski definition) is 4. The molecular weight excluding hydrogens is 322 g/mol. The third-order valence-corrected chi connectivity index (χ3v) is 4.79. The maximum Gasteiger partial charge on any atom is 0.177 e. The van der Waals surface area contributed by atoms with Crippen molar-refractivity contribution in [3.8, 4) is 0 Å². The van der Waals surface area contributed by atoms with E-state index in [1.807, 2.05) is 6.92 Å². The van der Waals surface area contributed by atoms with Crippen molar-refractivity contribution in [3.63, 3.8) is 0 Å². The van der Waals surface area contributed by atoms with Crippen molar-refractivity contribution in [2.24, 2.45) is 0 Å². The molecular formula is C21H25N5. The number of H-pyrrole nitrogens is 1. The van der Waals surface area contributed by atoms with Crippen LogP contribution in [0.5, 0.6) is 0 Å². The van der Waals surface area contributed by atoms with Gasteiger partial charge >= 0.3 is 0 Å². The molecule has 26 heavy (non-hydrogen) atoms. The summed E-state index contributed by atoms with van der Waals surface area (Å²) in [6.45, 7) is 9.05. The van der Waals surface area contributed by atoms with Crippen LogP contribution in [-0.2, 0) is 13.0 Å². The molecule has 1 N–H and O–H groups in total. The molecule has 5 nitrogen and oxygen atoms in total. The summed E-state index contributed by atoms with van der Waals surface area (Å²) in [6, 6.07) is 8.58. The zero-order valence-corrected chi connectivity index (χ0v) is 15.7. The SMILES string of the molecule is Cc1cc(CC2=CCCN(Cc3ccc4[nH]c(C)nc4n3)C2)cc(C)n1. The zero-order chi connectivity index (χ0) is 18.1. The highest BCUT2D eigenvalue weighted by Crippen LogP contribution is 2.19. The number of aryl methyl sites for hydroxylation is 3. The van der Waals surface area contributed by atoms with E-state index in [2.05, 4.69) is 64.0 Å². The van der Waals surface area contributed by atoms with Gasteiger partial charge in [0.1, 0.15) is 5.82 Å². The first-order valence-corrected chi connectivity index (χ1v) is 9.22. The molecule has 134 valence electrons. The van der Waals surface area contributed by atoms with Crippen LogP contribution in [-0.4, -0.2) is 37.9 Å². The van der Waals surface area contributed by atoms with Crippen LogP contribution in [0.15, 0.2) is 35.9 Å². The number of rotatable bonds is 4. The van der Waals surface area contributed by atoms with Crippen LogP contribution >= 0.6 is 0 Å². The van der Waals surface area contributed by atoms with Crippen molar-refractivity contribution in [1.82, 2.24) is 24.8 Å². The number of aromatic nitrogens is 4. The van der Waals surface area contributed by atoms with E-state index in [1.54, 1.807) is 0 Å². The highest BCUT2D eigenvalue weighted by atomic mass is 15.1. The summed E-state index contributed by atoms with van der Waals surface area (Å²) in [5, 5.41) is 0. The Morgan fingerprint density at radius 1 is 1.04 bits per heavy atom. The van der Waals surface area contributed by atoms with Crippen molar-refractivity contribution in [2.45, 2.75) is 40.2 Å². The first kappa shape index (κ1) is 16.9. The van der Waals surface area contributed by atoms with Gasteiger partial charge in [0.15, 0.2) is 5.65 Å². The lowest BCUT2D eigenvalue weighted by molar-refractivity contribution is 0.277. The molecule has 0 fully saturated rings. The predicted octanol–water partition coefficient (Wildman–Crippen LogP) is 3.65. The fourth-order valence-electron chi connectivity index (χ4n) is 3.80. The van der Waals surface area contributed by atoms with Gasteiger partial charge in [0.05, 0.1) is 11.2 Å². The van der Waals surface area contributed by atoms with Gasteiger partial charge in [-0.25, -0.2) is 9.97 Å². The molecule has 0 radical (unpaired) electrons. The molecule has 0 aromatic carbocycles. The van der Waals surface area contributed by atoms with Gasteiger partial charge in [-0.05, 0) is 63.4 Å². The van der Waals surface area contributed by atoms with Gasteiger partial charge in [-0.1, -0.05) is 11.6 Å². The van der Waals surface area contributed by atoms with Crippen molar-refractivity contribution in [3.05, 3.63) is 64.4 Å². The van der Waals surface area contributed by atoms with Gasteiger partial charge in [0, 0.05) is 31.0 Å². The minimum absolute atomic E-state index is 0.815. The van der Waals surface area contributed by atoms with Gasteiger partial charge in [-0.2, -0.15) is 0 Å². The molecule has 3 aromatic rings. The Morgan fingerprint density at radius 3 is 2.65 bits per heavy atom. The van der Waals surface area contributed by atoms with Crippen molar-refractivity contribution < 1.29 is 0 Å². The standard InChI is InChI=1S/C21H25N5/c1-14-9-18(10-15(2)22-14)11-17-5-4-8-26(12-17)13-19-6-7-20-21(25-19)24-16(3)23-20/h5-7,9-10H,4,8,11-13H2,1-3H3,(H,23,24,25). The summed E-state index contributed by atoms with van der Waals surface area (Å²) in [5.41, 5.74) is 7.94. The van der Waals surface area contributed by atoms with Crippen LogP contribution in [0.1, 0.15) is 34.9 Å². The Labute approximate surface area is 154 Å². The van der Waals surface area contributed by atoms with E-state index in [0.717, 1.165) is 66.5 Å². The number of nitrogens with zero attached hydrogens (tertiary/aromatic N) is 4. The van der Waals surface area contributed by atoms with Crippen LogP contribution in [0.3, 0.4) is 0 Å².